The number of thiophene rings is 1. The van der Waals surface area contributed by atoms with Crippen molar-refractivity contribution in [1.29, 1.82) is 0 Å². The molecule has 2 rings (SSSR count). The van der Waals surface area contributed by atoms with Crippen molar-refractivity contribution < 1.29 is 12.8 Å². The predicted molar refractivity (Wildman–Crippen MR) is 80.1 cm³/mol. The fourth-order valence-electron chi connectivity index (χ4n) is 1.36. The van der Waals surface area contributed by atoms with E-state index < -0.39 is 15.8 Å². The van der Waals surface area contributed by atoms with E-state index in [0.717, 1.165) is 15.1 Å². The summed E-state index contributed by atoms with van der Waals surface area (Å²) in [5.74, 6) is -0.406. The van der Waals surface area contributed by atoms with Gasteiger partial charge in [0.1, 0.15) is 10.0 Å². The summed E-state index contributed by atoms with van der Waals surface area (Å²) in [6.45, 7) is 0.0240. The van der Waals surface area contributed by atoms with Gasteiger partial charge in [0.2, 0.25) is 10.0 Å². The molecule has 0 bridgehead atoms. The van der Waals surface area contributed by atoms with Crippen LogP contribution in [-0.4, -0.2) is 8.42 Å². The molecule has 0 saturated heterocycles. The van der Waals surface area contributed by atoms with Gasteiger partial charge in [-0.15, -0.1) is 11.3 Å². The number of halogens is 3. The smallest absolute Gasteiger partial charge is 0.207 e. The fraction of sp³-hybridized carbons (Fsp3) is 0.0909. The zero-order valence-electron chi connectivity index (χ0n) is 9.36. The van der Waals surface area contributed by atoms with Crippen molar-refractivity contribution in [1.82, 2.24) is 4.72 Å². The van der Waals surface area contributed by atoms with Gasteiger partial charge in [-0.1, -0.05) is 15.9 Å². The molecule has 0 aliphatic heterocycles. The largest absolute Gasteiger partial charge is 0.250 e. The first-order chi connectivity index (χ1) is 8.88. The highest BCUT2D eigenvalue weighted by Crippen LogP contribution is 2.26. The molecule has 3 nitrogen and oxygen atoms in total. The standard InChI is InChI=1S/C11H8Br2FNO2S2/c12-9-2-1-8(14)5-7(9)6-15-19(16,17)11-4-3-10(13)18-11/h1-5,15H,6H2. The highest BCUT2D eigenvalue weighted by Gasteiger charge is 2.16. The Morgan fingerprint density at radius 1 is 1.21 bits per heavy atom. The summed E-state index contributed by atoms with van der Waals surface area (Å²) in [7, 11) is -3.57. The molecular formula is C11H8Br2FNO2S2. The molecule has 2 aromatic rings. The zero-order chi connectivity index (χ0) is 14.0. The number of hydrogen-bond donors (Lipinski definition) is 1. The summed E-state index contributed by atoms with van der Waals surface area (Å²) in [5.41, 5.74) is 0.541. The first kappa shape index (κ1) is 15.1. The van der Waals surface area contributed by atoms with E-state index in [1.165, 1.54) is 18.2 Å². The van der Waals surface area contributed by atoms with Gasteiger partial charge in [-0.05, 0) is 51.8 Å². The summed E-state index contributed by atoms with van der Waals surface area (Å²) < 4.78 is 41.1. The molecule has 19 heavy (non-hydrogen) atoms. The van der Waals surface area contributed by atoms with Crippen LogP contribution in [0.5, 0.6) is 0 Å². The van der Waals surface area contributed by atoms with Gasteiger partial charge >= 0.3 is 0 Å². The van der Waals surface area contributed by atoms with E-state index in [1.807, 2.05) is 0 Å². The van der Waals surface area contributed by atoms with Gasteiger partial charge in [-0.3, -0.25) is 0 Å². The zero-order valence-corrected chi connectivity index (χ0v) is 14.2. The summed E-state index contributed by atoms with van der Waals surface area (Å²) in [4.78, 5) is 0. The fourth-order valence-corrected chi connectivity index (χ4v) is 4.81. The Hall–Kier alpha value is -0.280. The van der Waals surface area contributed by atoms with Crippen molar-refractivity contribution in [2.24, 2.45) is 0 Å². The number of hydrogen-bond acceptors (Lipinski definition) is 3. The van der Waals surface area contributed by atoms with Gasteiger partial charge in [-0.2, -0.15) is 0 Å². The lowest BCUT2D eigenvalue weighted by molar-refractivity contribution is 0.582. The SMILES string of the molecule is O=S(=O)(NCc1cc(F)ccc1Br)c1ccc(Br)s1. The van der Waals surface area contributed by atoms with Gasteiger partial charge in [0, 0.05) is 11.0 Å². The second-order valence-corrected chi connectivity index (χ2v) is 8.93. The normalized spacial score (nSPS) is 11.7. The van der Waals surface area contributed by atoms with E-state index in [2.05, 4.69) is 36.6 Å². The number of nitrogens with one attached hydrogen (secondary N) is 1. The Morgan fingerprint density at radius 2 is 1.95 bits per heavy atom. The minimum Gasteiger partial charge on any atom is -0.207 e. The second kappa shape index (κ2) is 6.01. The monoisotopic (exact) mass is 427 g/mol. The Morgan fingerprint density at radius 3 is 2.58 bits per heavy atom. The average Bonchev–Trinajstić information content (AvgIpc) is 2.78. The molecule has 0 radical (unpaired) electrons. The highest BCUT2D eigenvalue weighted by molar-refractivity contribution is 9.11. The van der Waals surface area contributed by atoms with Crippen LogP contribution >= 0.6 is 43.2 Å². The summed E-state index contributed by atoms with van der Waals surface area (Å²) in [6.07, 6.45) is 0. The van der Waals surface area contributed by atoms with E-state index in [0.29, 0.717) is 10.0 Å². The van der Waals surface area contributed by atoms with Crippen LogP contribution in [0.4, 0.5) is 4.39 Å². The van der Waals surface area contributed by atoms with Crippen LogP contribution in [0.25, 0.3) is 0 Å². The van der Waals surface area contributed by atoms with Gasteiger partial charge in [0.25, 0.3) is 0 Å². The Balaban J connectivity index is 2.16. The molecule has 1 aromatic heterocycles. The van der Waals surface area contributed by atoms with Crippen molar-refractivity contribution in [2.75, 3.05) is 0 Å². The molecule has 1 N–H and O–H groups in total. The molecule has 0 atom stereocenters. The minimum absolute atomic E-state index is 0.0240. The molecule has 1 heterocycles. The van der Waals surface area contributed by atoms with E-state index >= 15 is 0 Å². The Bertz CT molecular complexity index is 700. The quantitative estimate of drug-likeness (QED) is 0.802. The topological polar surface area (TPSA) is 46.2 Å². The maximum Gasteiger partial charge on any atom is 0.250 e. The van der Waals surface area contributed by atoms with Gasteiger partial charge in [-0.25, -0.2) is 17.5 Å². The lowest BCUT2D eigenvalue weighted by Crippen LogP contribution is -2.22. The molecule has 8 heteroatoms. The molecule has 0 saturated carbocycles. The lowest BCUT2D eigenvalue weighted by Gasteiger charge is -2.07. The van der Waals surface area contributed by atoms with E-state index in [9.17, 15) is 12.8 Å². The highest BCUT2D eigenvalue weighted by atomic mass is 79.9. The third-order valence-electron chi connectivity index (χ3n) is 2.27. The molecule has 0 spiro atoms. The second-order valence-electron chi connectivity index (χ2n) is 3.62. The van der Waals surface area contributed by atoms with Crippen LogP contribution in [-0.2, 0) is 16.6 Å². The minimum atomic E-state index is -3.57. The summed E-state index contributed by atoms with van der Waals surface area (Å²) >= 11 is 7.58. The van der Waals surface area contributed by atoms with Gasteiger partial charge in [0.05, 0.1) is 3.79 Å². The predicted octanol–water partition coefficient (Wildman–Crippen LogP) is 3.89. The first-order valence-electron chi connectivity index (χ1n) is 5.07. The van der Waals surface area contributed by atoms with Crippen LogP contribution < -0.4 is 4.72 Å². The third-order valence-corrected chi connectivity index (χ3v) is 6.56. The molecular weight excluding hydrogens is 421 g/mol. The molecule has 0 unspecified atom stereocenters. The maximum atomic E-state index is 13.1. The number of sulfonamides is 1. The number of rotatable bonds is 4. The van der Waals surface area contributed by atoms with Crippen LogP contribution in [0.1, 0.15) is 5.56 Å². The van der Waals surface area contributed by atoms with Crippen LogP contribution in [0.2, 0.25) is 0 Å². The molecule has 0 amide bonds. The van der Waals surface area contributed by atoms with E-state index in [1.54, 1.807) is 12.1 Å². The first-order valence-corrected chi connectivity index (χ1v) is 8.96. The van der Waals surface area contributed by atoms with Crippen molar-refractivity contribution in [3.8, 4) is 0 Å². The van der Waals surface area contributed by atoms with Crippen molar-refractivity contribution >= 4 is 53.2 Å². The van der Waals surface area contributed by atoms with Gasteiger partial charge < -0.3 is 0 Å². The van der Waals surface area contributed by atoms with Crippen LogP contribution in [0.15, 0.2) is 42.8 Å². The number of benzene rings is 1. The lowest BCUT2D eigenvalue weighted by atomic mass is 10.2. The molecule has 0 fully saturated rings. The van der Waals surface area contributed by atoms with E-state index in [4.69, 9.17) is 0 Å². The molecule has 1 aromatic carbocycles. The molecule has 102 valence electrons. The summed E-state index contributed by atoms with van der Waals surface area (Å²) in [6, 6.07) is 7.31. The average molecular weight is 429 g/mol. The van der Waals surface area contributed by atoms with Crippen LogP contribution in [0, 0.1) is 5.82 Å². The molecule has 0 aliphatic rings. The van der Waals surface area contributed by atoms with Crippen molar-refractivity contribution in [3.05, 3.63) is 50.0 Å². The molecule has 0 aliphatic carbocycles. The van der Waals surface area contributed by atoms with E-state index in [-0.39, 0.29) is 10.8 Å². The Labute approximate surface area is 131 Å². The van der Waals surface area contributed by atoms with Crippen molar-refractivity contribution in [3.63, 3.8) is 0 Å². The van der Waals surface area contributed by atoms with Crippen LogP contribution in [0.3, 0.4) is 0 Å². The van der Waals surface area contributed by atoms with Crippen molar-refractivity contribution in [2.45, 2.75) is 10.8 Å². The summed E-state index contributed by atoms with van der Waals surface area (Å²) in [5, 5.41) is 0. The van der Waals surface area contributed by atoms with Gasteiger partial charge in [0.15, 0.2) is 0 Å². The maximum absolute atomic E-state index is 13.1. The third kappa shape index (κ3) is 3.85. The Kier molecular flexibility index (Phi) is 4.78.